The van der Waals surface area contributed by atoms with E-state index in [1.54, 1.807) is 0 Å². The van der Waals surface area contributed by atoms with Crippen molar-refractivity contribution in [3.63, 3.8) is 0 Å². The third-order valence-corrected chi connectivity index (χ3v) is 3.63. The SMILES string of the molecule is CCCNc1nc(COCC(F)(F)F)nc(CCC)c1I. The lowest BCUT2D eigenvalue weighted by Gasteiger charge is -2.13. The number of rotatable bonds is 8. The molecule has 21 heavy (non-hydrogen) atoms. The minimum atomic E-state index is -4.33. The van der Waals surface area contributed by atoms with Gasteiger partial charge in [0.15, 0.2) is 5.82 Å². The van der Waals surface area contributed by atoms with Gasteiger partial charge in [-0.05, 0) is 35.4 Å². The van der Waals surface area contributed by atoms with Crippen molar-refractivity contribution in [2.45, 2.75) is 45.9 Å². The zero-order chi connectivity index (χ0) is 15.9. The highest BCUT2D eigenvalue weighted by atomic mass is 127. The van der Waals surface area contributed by atoms with Gasteiger partial charge in [0, 0.05) is 6.54 Å². The number of hydrogen-bond donors (Lipinski definition) is 1. The van der Waals surface area contributed by atoms with E-state index in [1.165, 1.54) is 0 Å². The molecule has 1 rings (SSSR count). The van der Waals surface area contributed by atoms with Crippen LogP contribution >= 0.6 is 22.6 Å². The maximum atomic E-state index is 12.1. The van der Waals surface area contributed by atoms with E-state index in [2.05, 4.69) is 42.6 Å². The summed E-state index contributed by atoms with van der Waals surface area (Å²) in [7, 11) is 0. The number of nitrogens with zero attached hydrogens (tertiary/aromatic N) is 2. The van der Waals surface area contributed by atoms with Gasteiger partial charge in [0.1, 0.15) is 19.0 Å². The van der Waals surface area contributed by atoms with Crippen molar-refractivity contribution in [2.24, 2.45) is 0 Å². The van der Waals surface area contributed by atoms with Gasteiger partial charge >= 0.3 is 6.18 Å². The zero-order valence-corrected chi connectivity index (χ0v) is 14.2. The summed E-state index contributed by atoms with van der Waals surface area (Å²) in [6.45, 7) is 3.27. The molecule has 0 bridgehead atoms. The lowest BCUT2D eigenvalue weighted by Crippen LogP contribution is -2.18. The number of aryl methyl sites for hydroxylation is 1. The Morgan fingerprint density at radius 3 is 2.48 bits per heavy atom. The third kappa shape index (κ3) is 6.77. The summed E-state index contributed by atoms with van der Waals surface area (Å²) in [5.41, 5.74) is 0.845. The van der Waals surface area contributed by atoms with Gasteiger partial charge in [-0.1, -0.05) is 20.3 Å². The summed E-state index contributed by atoms with van der Waals surface area (Å²) in [4.78, 5) is 8.55. The zero-order valence-electron chi connectivity index (χ0n) is 12.1. The Labute approximate surface area is 136 Å². The van der Waals surface area contributed by atoms with Crippen LogP contribution in [0.25, 0.3) is 0 Å². The normalized spacial score (nSPS) is 11.7. The maximum absolute atomic E-state index is 12.1. The van der Waals surface area contributed by atoms with Crippen molar-refractivity contribution < 1.29 is 17.9 Å². The van der Waals surface area contributed by atoms with E-state index in [4.69, 9.17) is 0 Å². The summed E-state index contributed by atoms with van der Waals surface area (Å²) in [5, 5.41) is 3.17. The molecule has 0 spiro atoms. The molecule has 8 heteroatoms. The minimum Gasteiger partial charge on any atom is -0.369 e. The van der Waals surface area contributed by atoms with Crippen molar-refractivity contribution in [1.29, 1.82) is 0 Å². The van der Waals surface area contributed by atoms with Gasteiger partial charge in [-0.25, -0.2) is 9.97 Å². The smallest absolute Gasteiger partial charge is 0.369 e. The van der Waals surface area contributed by atoms with E-state index in [-0.39, 0.29) is 12.4 Å². The first-order valence-corrected chi connectivity index (χ1v) is 7.88. The first-order valence-electron chi connectivity index (χ1n) is 6.81. The monoisotopic (exact) mass is 417 g/mol. The number of alkyl halides is 3. The Kier molecular flexibility index (Phi) is 7.64. The summed E-state index contributed by atoms with van der Waals surface area (Å²) < 4.78 is 41.8. The van der Waals surface area contributed by atoms with Gasteiger partial charge in [0.25, 0.3) is 0 Å². The Hall–Kier alpha value is -0.640. The van der Waals surface area contributed by atoms with E-state index in [9.17, 15) is 13.2 Å². The van der Waals surface area contributed by atoms with Crippen LogP contribution in [-0.2, 0) is 17.8 Å². The number of hydrogen-bond acceptors (Lipinski definition) is 4. The first-order chi connectivity index (χ1) is 9.87. The fourth-order valence-electron chi connectivity index (χ4n) is 1.63. The molecule has 0 aliphatic rings. The molecule has 0 aromatic carbocycles. The van der Waals surface area contributed by atoms with Crippen LogP contribution in [-0.4, -0.2) is 29.3 Å². The van der Waals surface area contributed by atoms with E-state index < -0.39 is 12.8 Å². The molecule has 0 radical (unpaired) electrons. The predicted molar refractivity (Wildman–Crippen MR) is 83.2 cm³/mol. The lowest BCUT2D eigenvalue weighted by molar-refractivity contribution is -0.177. The number of ether oxygens (including phenoxy) is 1. The molecule has 0 saturated heterocycles. The predicted octanol–water partition coefficient (Wildman–Crippen LogP) is 3.93. The van der Waals surface area contributed by atoms with Crippen LogP contribution in [0, 0.1) is 3.57 Å². The highest BCUT2D eigenvalue weighted by molar-refractivity contribution is 14.1. The molecule has 1 aromatic heterocycles. The molecule has 0 aliphatic heterocycles. The molecule has 0 unspecified atom stereocenters. The van der Waals surface area contributed by atoms with Gasteiger partial charge < -0.3 is 10.1 Å². The number of halogens is 4. The highest BCUT2D eigenvalue weighted by Crippen LogP contribution is 2.21. The minimum absolute atomic E-state index is 0.242. The van der Waals surface area contributed by atoms with Crippen LogP contribution in [0.1, 0.15) is 38.2 Å². The third-order valence-electron chi connectivity index (χ3n) is 2.49. The van der Waals surface area contributed by atoms with E-state index in [0.717, 1.165) is 35.1 Å². The second-order valence-electron chi connectivity index (χ2n) is 4.53. The van der Waals surface area contributed by atoms with Crippen molar-refractivity contribution in [1.82, 2.24) is 9.97 Å². The van der Waals surface area contributed by atoms with Crippen LogP contribution in [0.5, 0.6) is 0 Å². The standard InChI is InChI=1S/C13H19F3IN3O/c1-3-5-9-11(17)12(18-6-4-2)20-10(19-9)7-21-8-13(14,15)16/h3-8H2,1-2H3,(H,18,19,20). The molecule has 120 valence electrons. The topological polar surface area (TPSA) is 47.0 Å². The molecule has 1 aromatic rings. The number of nitrogens with one attached hydrogen (secondary N) is 1. The largest absolute Gasteiger partial charge is 0.411 e. The molecule has 0 amide bonds. The summed E-state index contributed by atoms with van der Waals surface area (Å²) in [6, 6.07) is 0. The van der Waals surface area contributed by atoms with Gasteiger partial charge in [-0.3, -0.25) is 0 Å². The van der Waals surface area contributed by atoms with Crippen LogP contribution < -0.4 is 5.32 Å². The van der Waals surface area contributed by atoms with E-state index >= 15 is 0 Å². The second-order valence-corrected chi connectivity index (χ2v) is 5.61. The fourth-order valence-corrected chi connectivity index (χ4v) is 2.33. The van der Waals surface area contributed by atoms with Crippen LogP contribution in [0.3, 0.4) is 0 Å². The van der Waals surface area contributed by atoms with Gasteiger partial charge in [-0.15, -0.1) is 0 Å². The Morgan fingerprint density at radius 2 is 1.90 bits per heavy atom. The van der Waals surface area contributed by atoms with Crippen LogP contribution in [0.2, 0.25) is 0 Å². The van der Waals surface area contributed by atoms with Crippen molar-refractivity contribution in [2.75, 3.05) is 18.5 Å². The summed E-state index contributed by atoms with van der Waals surface area (Å²) in [6.07, 6.45) is -1.74. The highest BCUT2D eigenvalue weighted by Gasteiger charge is 2.27. The van der Waals surface area contributed by atoms with Gasteiger partial charge in [0.05, 0.1) is 9.26 Å². The molecule has 0 saturated carbocycles. The van der Waals surface area contributed by atoms with Crippen LogP contribution in [0.4, 0.5) is 19.0 Å². The van der Waals surface area contributed by atoms with E-state index in [1.807, 2.05) is 13.8 Å². The average molecular weight is 417 g/mol. The quantitative estimate of drug-likeness (QED) is 0.652. The molecule has 4 nitrogen and oxygen atoms in total. The number of aromatic nitrogens is 2. The van der Waals surface area contributed by atoms with Gasteiger partial charge in [-0.2, -0.15) is 13.2 Å². The lowest BCUT2D eigenvalue weighted by atomic mass is 10.2. The molecule has 0 fully saturated rings. The number of anilines is 1. The Morgan fingerprint density at radius 1 is 1.19 bits per heavy atom. The molecule has 1 heterocycles. The summed E-state index contributed by atoms with van der Waals surface area (Å²) >= 11 is 2.16. The molecule has 0 aliphatic carbocycles. The summed E-state index contributed by atoms with van der Waals surface area (Å²) in [5.74, 6) is 0.947. The molecular formula is C13H19F3IN3O. The van der Waals surface area contributed by atoms with Crippen molar-refractivity contribution in [3.8, 4) is 0 Å². The van der Waals surface area contributed by atoms with Gasteiger partial charge in [0.2, 0.25) is 0 Å². The molecular weight excluding hydrogens is 398 g/mol. The second kappa shape index (κ2) is 8.72. The Balaban J connectivity index is 2.84. The maximum Gasteiger partial charge on any atom is 0.411 e. The molecule has 0 atom stereocenters. The average Bonchev–Trinajstić information content (AvgIpc) is 2.39. The molecule has 1 N–H and O–H groups in total. The van der Waals surface area contributed by atoms with E-state index in [0.29, 0.717) is 5.82 Å². The van der Waals surface area contributed by atoms with Crippen molar-refractivity contribution in [3.05, 3.63) is 15.1 Å². The first kappa shape index (κ1) is 18.4. The fraction of sp³-hybridized carbons (Fsp3) is 0.692. The Bertz CT molecular complexity index is 455. The van der Waals surface area contributed by atoms with Crippen molar-refractivity contribution >= 4 is 28.4 Å². The van der Waals surface area contributed by atoms with Crippen LogP contribution in [0.15, 0.2) is 0 Å².